The largest absolute Gasteiger partial charge is 0.805 e. The zero-order valence-electron chi connectivity index (χ0n) is 20.3. The van der Waals surface area contributed by atoms with Crippen LogP contribution in [0.1, 0.15) is 32.4 Å². The predicted molar refractivity (Wildman–Crippen MR) is 138 cm³/mol. The fraction of sp³-hybridized carbons (Fsp3) is 0.346. The minimum atomic E-state index is -1.07. The highest BCUT2D eigenvalue weighted by Gasteiger charge is 2.64. The molecule has 2 aromatic carbocycles. The van der Waals surface area contributed by atoms with Crippen molar-refractivity contribution in [3.05, 3.63) is 70.4 Å². The van der Waals surface area contributed by atoms with Crippen molar-refractivity contribution in [1.29, 1.82) is 0 Å². The van der Waals surface area contributed by atoms with E-state index in [1.54, 1.807) is 62.4 Å². The summed E-state index contributed by atoms with van der Waals surface area (Å²) in [5.74, 6) is -1.84. The summed E-state index contributed by atoms with van der Waals surface area (Å²) in [6, 6.07) is 13.7. The topological polar surface area (TPSA) is 138 Å². The van der Waals surface area contributed by atoms with Gasteiger partial charge in [-0.3, -0.25) is 9.59 Å². The van der Waals surface area contributed by atoms with E-state index in [9.17, 15) is 29.6 Å². The van der Waals surface area contributed by atoms with Crippen LogP contribution in [0.2, 0.25) is 0 Å². The first-order valence-corrected chi connectivity index (χ1v) is 12.8. The van der Waals surface area contributed by atoms with Crippen molar-refractivity contribution < 1.29 is 23.9 Å². The molecular formula is C26H26N4O6S. The number of carbonyl (C=O) groups excluding carboxylic acids is 2. The quantitative estimate of drug-likeness (QED) is 0.359. The molecule has 2 aliphatic heterocycles. The molecule has 3 aromatic rings. The third-order valence-electron chi connectivity index (χ3n) is 6.90. The number of aliphatic carboxylic acids is 1. The minimum absolute atomic E-state index is 0.0346. The van der Waals surface area contributed by atoms with Gasteiger partial charge in [0, 0.05) is 22.1 Å². The molecule has 0 bridgehead atoms. The summed E-state index contributed by atoms with van der Waals surface area (Å²) < 4.78 is 0.833. The second-order valence-electron chi connectivity index (χ2n) is 9.74. The Morgan fingerprint density at radius 3 is 2.51 bits per heavy atom. The minimum Gasteiger partial charge on any atom is -0.805 e. The van der Waals surface area contributed by atoms with Gasteiger partial charge in [-0.05, 0) is 44.9 Å². The number of fused-ring (bicyclic) bond motifs is 2. The molecule has 2 saturated heterocycles. The Bertz CT molecular complexity index is 1470. The fourth-order valence-corrected chi connectivity index (χ4v) is 6.82. The van der Waals surface area contributed by atoms with E-state index in [-0.39, 0.29) is 47.6 Å². The Morgan fingerprint density at radius 2 is 1.81 bits per heavy atom. The van der Waals surface area contributed by atoms with E-state index in [4.69, 9.17) is 0 Å². The molecule has 0 radical (unpaired) electrons. The number of thioether (sulfide) groups is 1. The fourth-order valence-electron chi connectivity index (χ4n) is 5.19. The molecule has 0 aliphatic carbocycles. The van der Waals surface area contributed by atoms with Gasteiger partial charge in [-0.15, -0.1) is 11.8 Å². The molecule has 3 heterocycles. The van der Waals surface area contributed by atoms with Gasteiger partial charge >= 0.3 is 5.97 Å². The Morgan fingerprint density at radius 1 is 1.14 bits per heavy atom. The SMILES string of the molecule is CC1(C)S[C@@H]2[C@H](NC(=O)CCCc3c(-c4ccccc4)[n+](=O)c4ccccc4n3[O-])C(=O)N2[C@H]1C(=O)O. The normalized spacial score (nSPS) is 21.9. The highest BCUT2D eigenvalue weighted by Crippen LogP contribution is 2.50. The number of para-hydroxylation sites is 2. The lowest BCUT2D eigenvalue weighted by atomic mass is 9.96. The van der Waals surface area contributed by atoms with E-state index in [1.165, 1.54) is 16.7 Å². The monoisotopic (exact) mass is 522 g/mol. The van der Waals surface area contributed by atoms with Gasteiger partial charge in [0.1, 0.15) is 23.0 Å². The summed E-state index contributed by atoms with van der Waals surface area (Å²) in [4.78, 5) is 51.6. The van der Waals surface area contributed by atoms with E-state index in [2.05, 4.69) is 5.32 Å². The summed E-state index contributed by atoms with van der Waals surface area (Å²) in [6.07, 6.45) is 0.482. The second kappa shape index (κ2) is 9.22. The molecule has 2 N–H and O–H groups in total. The number of nitrogens with zero attached hydrogens (tertiary/aromatic N) is 3. The van der Waals surface area contributed by atoms with Crippen molar-refractivity contribution in [2.24, 2.45) is 0 Å². The number of hydrogen-bond donors (Lipinski definition) is 2. The number of nitrogens with one attached hydrogen (secondary N) is 1. The van der Waals surface area contributed by atoms with E-state index < -0.39 is 34.1 Å². The van der Waals surface area contributed by atoms with E-state index >= 15 is 0 Å². The molecule has 5 rings (SSSR count). The highest BCUT2D eigenvalue weighted by molar-refractivity contribution is 8.01. The van der Waals surface area contributed by atoms with Crippen LogP contribution < -0.4 is 9.74 Å². The first-order valence-electron chi connectivity index (χ1n) is 12.0. The van der Waals surface area contributed by atoms with Crippen LogP contribution in [-0.4, -0.2) is 54.7 Å². The van der Waals surface area contributed by atoms with E-state index in [1.807, 2.05) is 6.07 Å². The predicted octanol–water partition coefficient (Wildman–Crippen LogP) is 2.52. The van der Waals surface area contributed by atoms with Gasteiger partial charge in [-0.25, -0.2) is 4.79 Å². The van der Waals surface area contributed by atoms with Crippen molar-refractivity contribution in [2.45, 2.75) is 55.3 Å². The van der Waals surface area contributed by atoms with Gasteiger partial charge in [0.15, 0.2) is 0 Å². The third kappa shape index (κ3) is 4.12. The van der Waals surface area contributed by atoms with Crippen LogP contribution in [-0.2, 0) is 20.8 Å². The molecule has 0 saturated carbocycles. The zero-order chi connectivity index (χ0) is 26.5. The van der Waals surface area contributed by atoms with Gasteiger partial charge in [0.25, 0.3) is 11.2 Å². The number of amides is 2. The maximum absolute atomic E-state index is 13.3. The molecule has 0 unspecified atom stereocenters. The van der Waals surface area contributed by atoms with Crippen LogP contribution in [0.5, 0.6) is 0 Å². The van der Waals surface area contributed by atoms with Crippen LogP contribution >= 0.6 is 11.8 Å². The number of β-lactam (4-membered cyclic amide) rings is 1. The molecule has 0 spiro atoms. The first-order chi connectivity index (χ1) is 17.6. The first kappa shape index (κ1) is 24.8. The van der Waals surface area contributed by atoms with Gasteiger partial charge in [0.2, 0.25) is 11.8 Å². The Hall–Kier alpha value is -3.86. The lowest BCUT2D eigenvalue weighted by Crippen LogP contribution is -2.70. The Labute approximate surface area is 216 Å². The van der Waals surface area contributed by atoms with Crippen molar-refractivity contribution >= 4 is 40.6 Å². The molecule has 2 aliphatic rings. The van der Waals surface area contributed by atoms with Crippen molar-refractivity contribution in [3.8, 4) is 11.3 Å². The third-order valence-corrected chi connectivity index (χ3v) is 8.47. The smallest absolute Gasteiger partial charge is 0.327 e. The van der Waals surface area contributed by atoms with Gasteiger partial charge < -0.3 is 25.3 Å². The number of benzene rings is 2. The maximum atomic E-state index is 13.3. The number of carboxylic acid groups (broad SMARTS) is 1. The maximum Gasteiger partial charge on any atom is 0.327 e. The van der Waals surface area contributed by atoms with Crippen LogP contribution in [0.15, 0.2) is 54.6 Å². The molecular weight excluding hydrogens is 496 g/mol. The van der Waals surface area contributed by atoms with Crippen LogP contribution in [0.25, 0.3) is 22.3 Å². The summed E-state index contributed by atoms with van der Waals surface area (Å²) in [6.45, 7) is 3.55. The van der Waals surface area contributed by atoms with Crippen molar-refractivity contribution in [3.63, 3.8) is 0 Å². The highest BCUT2D eigenvalue weighted by atomic mass is 32.2. The molecule has 2 amide bonds. The molecule has 10 nitrogen and oxygen atoms in total. The summed E-state index contributed by atoms with van der Waals surface area (Å²) >= 11 is 1.36. The van der Waals surface area contributed by atoms with Crippen LogP contribution in [0, 0.1) is 10.1 Å². The summed E-state index contributed by atoms with van der Waals surface area (Å²) in [7, 11) is 0. The van der Waals surface area contributed by atoms with E-state index in [0.717, 1.165) is 9.16 Å². The average Bonchev–Trinajstić information content (AvgIpc) is 3.14. The lowest BCUT2D eigenvalue weighted by molar-refractivity contribution is -0.452. The van der Waals surface area contributed by atoms with Gasteiger partial charge in [-0.1, -0.05) is 30.3 Å². The summed E-state index contributed by atoms with van der Waals surface area (Å²) in [5, 5.41) is 25.1. The molecule has 2 fully saturated rings. The number of aromatic nitrogens is 2. The standard InChI is InChI=1S/C26H26N4O6S/c1-26(2)22(25(33)34)28-23(32)20(24(28)37-26)27-19(31)14-8-13-18-21(15-9-4-3-5-10-15)30(36)17-12-7-6-11-16(17)29(18)35/h3-7,9-12,20,22,24H,8,13-14H2,1-2H3,(H,27,31)(H,33,34)/t20-,22+,24-/m1/s1. The number of carbonyl (C=O) groups is 3. The van der Waals surface area contributed by atoms with Crippen molar-refractivity contribution in [1.82, 2.24) is 14.9 Å². The Balaban J connectivity index is 1.31. The molecule has 3 atom stereocenters. The number of carboxylic acids is 1. The lowest BCUT2D eigenvalue weighted by Gasteiger charge is -2.43. The summed E-state index contributed by atoms with van der Waals surface area (Å²) in [5.41, 5.74) is 1.59. The van der Waals surface area contributed by atoms with Gasteiger partial charge in [0.05, 0.1) is 15.7 Å². The second-order valence-corrected chi connectivity index (χ2v) is 11.5. The average molecular weight is 523 g/mol. The Kier molecular flexibility index (Phi) is 6.18. The number of hydrogen-bond acceptors (Lipinski definition) is 6. The van der Waals surface area contributed by atoms with Crippen LogP contribution in [0.4, 0.5) is 0 Å². The van der Waals surface area contributed by atoms with Crippen molar-refractivity contribution in [2.75, 3.05) is 0 Å². The molecule has 11 heteroatoms. The molecule has 1 aromatic heterocycles. The molecule has 192 valence electrons. The van der Waals surface area contributed by atoms with Gasteiger partial charge in [-0.2, -0.15) is 0 Å². The molecule has 37 heavy (non-hydrogen) atoms. The zero-order valence-corrected chi connectivity index (χ0v) is 21.1. The van der Waals surface area contributed by atoms with E-state index in [0.29, 0.717) is 5.56 Å². The number of rotatable bonds is 7. The van der Waals surface area contributed by atoms with Crippen LogP contribution in [0.3, 0.4) is 0 Å².